The molecule has 0 amide bonds. The highest BCUT2D eigenvalue weighted by atomic mass is 15.0. The van der Waals surface area contributed by atoms with Crippen LogP contribution in [0.15, 0.2) is 146 Å². The second-order valence-corrected chi connectivity index (χ2v) is 14.6. The Balaban J connectivity index is 1.32. The molecule has 0 radical (unpaired) electrons. The van der Waals surface area contributed by atoms with Gasteiger partial charge in [0, 0.05) is 16.7 Å². The van der Waals surface area contributed by atoms with E-state index in [2.05, 4.69) is 143 Å². The predicted molar refractivity (Wildman–Crippen MR) is 206 cm³/mol. The maximum atomic E-state index is 5.18. The fraction of sp³-hybridized carbons (Fsp3) is 0.174. The normalized spacial score (nSPS) is 14.6. The van der Waals surface area contributed by atoms with Crippen LogP contribution < -0.4 is 0 Å². The molecule has 0 saturated heterocycles. The smallest absolute Gasteiger partial charge is 0.182 e. The quantitative estimate of drug-likeness (QED) is 0.180. The summed E-state index contributed by atoms with van der Waals surface area (Å²) in [5.41, 5.74) is 12.0. The molecule has 5 aromatic carbocycles. The Hall–Kier alpha value is -5.74. The molecule has 0 aliphatic heterocycles. The molecule has 0 N–H and O–H groups in total. The highest BCUT2D eigenvalue weighted by molar-refractivity contribution is 5.76. The van der Waals surface area contributed by atoms with Crippen molar-refractivity contribution in [3.63, 3.8) is 0 Å². The van der Waals surface area contributed by atoms with E-state index < -0.39 is 0 Å². The van der Waals surface area contributed by atoms with E-state index in [1.807, 2.05) is 30.3 Å². The summed E-state index contributed by atoms with van der Waals surface area (Å²) in [6.07, 6.45) is 2.30. The Bertz CT molecular complexity index is 2230. The summed E-state index contributed by atoms with van der Waals surface area (Å²) in [5, 5.41) is 0. The highest BCUT2D eigenvalue weighted by Crippen LogP contribution is 2.46. The van der Waals surface area contributed by atoms with Crippen LogP contribution in [0.2, 0.25) is 0 Å². The SMILES string of the molecule is CC1(C)CCC(C)(C)c2cc(-c3nc(-c4ccc(-c5ccccc5)cc4)nc(-c4cc(-c5ccccc5)cc(-c5ccccc5)n4)n3)ccc21. The van der Waals surface area contributed by atoms with Gasteiger partial charge in [0.15, 0.2) is 17.5 Å². The van der Waals surface area contributed by atoms with Crippen LogP contribution in [0.25, 0.3) is 67.8 Å². The third-order valence-corrected chi connectivity index (χ3v) is 10.2. The van der Waals surface area contributed by atoms with Crippen LogP contribution in [0.1, 0.15) is 51.7 Å². The summed E-state index contributed by atoms with van der Waals surface area (Å²) in [7, 11) is 0. The molecule has 0 unspecified atom stereocenters. The Morgan fingerprint density at radius 1 is 0.340 bits per heavy atom. The lowest BCUT2D eigenvalue weighted by Gasteiger charge is -2.42. The van der Waals surface area contributed by atoms with Crippen molar-refractivity contribution in [3.8, 4) is 67.8 Å². The van der Waals surface area contributed by atoms with Crippen LogP contribution >= 0.6 is 0 Å². The van der Waals surface area contributed by atoms with Crippen molar-refractivity contribution in [1.29, 1.82) is 0 Å². The first-order valence-electron chi connectivity index (χ1n) is 17.4. The molecular weight excluding hydrogens is 609 g/mol. The molecular formula is C46H40N4. The van der Waals surface area contributed by atoms with Crippen LogP contribution in [0.5, 0.6) is 0 Å². The third-order valence-electron chi connectivity index (χ3n) is 10.2. The number of aromatic nitrogens is 4. The van der Waals surface area contributed by atoms with Gasteiger partial charge in [0.05, 0.1) is 5.69 Å². The molecule has 4 nitrogen and oxygen atoms in total. The van der Waals surface area contributed by atoms with Crippen molar-refractivity contribution in [2.24, 2.45) is 0 Å². The number of fused-ring (bicyclic) bond motifs is 1. The molecule has 4 heteroatoms. The van der Waals surface area contributed by atoms with Gasteiger partial charge in [-0.25, -0.2) is 19.9 Å². The lowest BCUT2D eigenvalue weighted by Crippen LogP contribution is -2.33. The minimum atomic E-state index is 0.0585. The van der Waals surface area contributed by atoms with E-state index in [0.717, 1.165) is 45.5 Å². The van der Waals surface area contributed by atoms with E-state index in [0.29, 0.717) is 23.2 Å². The molecule has 0 bridgehead atoms. The van der Waals surface area contributed by atoms with Crippen LogP contribution in [0.3, 0.4) is 0 Å². The van der Waals surface area contributed by atoms with Crippen molar-refractivity contribution in [2.75, 3.05) is 0 Å². The lowest BCUT2D eigenvalue weighted by atomic mass is 9.63. The zero-order valence-corrected chi connectivity index (χ0v) is 29.1. The van der Waals surface area contributed by atoms with Gasteiger partial charge >= 0.3 is 0 Å². The van der Waals surface area contributed by atoms with Gasteiger partial charge in [-0.1, -0.05) is 155 Å². The molecule has 2 heterocycles. The van der Waals surface area contributed by atoms with E-state index in [4.69, 9.17) is 19.9 Å². The standard InChI is InChI=1S/C46H40N4/c1-45(2)26-27-46(3,4)39-28-36(24-25-38(39)45)43-48-42(35-22-20-33(21-23-35)31-14-8-5-9-15-31)49-44(50-43)41-30-37(32-16-10-6-11-17-32)29-40(47-41)34-18-12-7-13-19-34/h5-25,28-30H,26-27H2,1-4H3. The van der Waals surface area contributed by atoms with Crippen molar-refractivity contribution < 1.29 is 0 Å². The minimum Gasteiger partial charge on any atom is -0.244 e. The molecule has 8 rings (SSSR count). The molecule has 244 valence electrons. The van der Waals surface area contributed by atoms with Crippen molar-refractivity contribution in [2.45, 2.75) is 51.4 Å². The summed E-state index contributed by atoms with van der Waals surface area (Å²) in [5.74, 6) is 1.81. The van der Waals surface area contributed by atoms with Crippen LogP contribution in [0.4, 0.5) is 0 Å². The summed E-state index contributed by atoms with van der Waals surface area (Å²) < 4.78 is 0. The average Bonchev–Trinajstić information content (AvgIpc) is 3.17. The first kappa shape index (κ1) is 31.5. The zero-order chi connectivity index (χ0) is 34.3. The molecule has 1 aliphatic rings. The Labute approximate surface area is 295 Å². The molecule has 0 spiro atoms. The van der Waals surface area contributed by atoms with Gasteiger partial charge in [0.2, 0.25) is 0 Å². The summed E-state index contributed by atoms with van der Waals surface area (Å²) >= 11 is 0. The molecule has 2 aromatic heterocycles. The first-order chi connectivity index (χ1) is 24.2. The lowest BCUT2D eigenvalue weighted by molar-refractivity contribution is 0.332. The van der Waals surface area contributed by atoms with Crippen molar-refractivity contribution in [1.82, 2.24) is 19.9 Å². The molecule has 0 saturated carbocycles. The van der Waals surface area contributed by atoms with E-state index in [1.165, 1.54) is 23.1 Å². The summed E-state index contributed by atoms with van der Waals surface area (Å²) in [6, 6.07) is 50.7. The van der Waals surface area contributed by atoms with Gasteiger partial charge in [-0.05, 0) is 75.3 Å². The Morgan fingerprint density at radius 3 is 1.40 bits per heavy atom. The Morgan fingerprint density at radius 2 is 0.780 bits per heavy atom. The van der Waals surface area contributed by atoms with E-state index in [-0.39, 0.29) is 10.8 Å². The zero-order valence-electron chi connectivity index (χ0n) is 29.1. The second-order valence-electron chi connectivity index (χ2n) is 14.6. The second kappa shape index (κ2) is 12.6. The van der Waals surface area contributed by atoms with Crippen LogP contribution in [-0.4, -0.2) is 19.9 Å². The average molecular weight is 649 g/mol. The van der Waals surface area contributed by atoms with Gasteiger partial charge in [-0.15, -0.1) is 0 Å². The molecule has 7 aromatic rings. The summed E-state index contributed by atoms with van der Waals surface area (Å²) in [6.45, 7) is 9.42. The number of hydrogen-bond donors (Lipinski definition) is 0. The molecule has 0 fully saturated rings. The van der Waals surface area contributed by atoms with Crippen LogP contribution in [0, 0.1) is 0 Å². The number of nitrogens with zero attached hydrogens (tertiary/aromatic N) is 4. The monoisotopic (exact) mass is 648 g/mol. The van der Waals surface area contributed by atoms with E-state index >= 15 is 0 Å². The fourth-order valence-corrected chi connectivity index (χ4v) is 7.12. The van der Waals surface area contributed by atoms with Gasteiger partial charge in [-0.2, -0.15) is 0 Å². The highest BCUT2D eigenvalue weighted by Gasteiger charge is 2.37. The number of rotatable bonds is 6. The third kappa shape index (κ3) is 6.14. The molecule has 50 heavy (non-hydrogen) atoms. The van der Waals surface area contributed by atoms with E-state index in [9.17, 15) is 0 Å². The first-order valence-corrected chi connectivity index (χ1v) is 17.4. The topological polar surface area (TPSA) is 51.6 Å². The van der Waals surface area contributed by atoms with Gasteiger partial charge in [0.1, 0.15) is 5.69 Å². The predicted octanol–water partition coefficient (Wildman–Crippen LogP) is 11.6. The molecule has 1 aliphatic carbocycles. The van der Waals surface area contributed by atoms with Crippen molar-refractivity contribution in [3.05, 3.63) is 157 Å². The van der Waals surface area contributed by atoms with Crippen LogP contribution in [-0.2, 0) is 10.8 Å². The summed E-state index contributed by atoms with van der Waals surface area (Å²) in [4.78, 5) is 20.6. The van der Waals surface area contributed by atoms with Crippen molar-refractivity contribution >= 4 is 0 Å². The maximum Gasteiger partial charge on any atom is 0.182 e. The maximum absolute atomic E-state index is 5.18. The number of pyridine rings is 1. The molecule has 0 atom stereocenters. The van der Waals surface area contributed by atoms with Gasteiger partial charge in [-0.3, -0.25) is 0 Å². The van der Waals surface area contributed by atoms with Gasteiger partial charge < -0.3 is 0 Å². The van der Waals surface area contributed by atoms with E-state index in [1.54, 1.807) is 0 Å². The largest absolute Gasteiger partial charge is 0.244 e. The fourth-order valence-electron chi connectivity index (χ4n) is 7.12. The van der Waals surface area contributed by atoms with Gasteiger partial charge in [0.25, 0.3) is 0 Å². The number of hydrogen-bond acceptors (Lipinski definition) is 4. The Kier molecular flexibility index (Phi) is 7.95. The minimum absolute atomic E-state index is 0.0585. The number of benzene rings is 5.